The quantitative estimate of drug-likeness (QED) is 0.788. The lowest BCUT2D eigenvalue weighted by molar-refractivity contribution is -0.141. The minimum atomic E-state index is -0.878. The number of halogens is 2. The van der Waals surface area contributed by atoms with E-state index in [9.17, 15) is 14.3 Å². The monoisotopic (exact) mass is 333 g/mol. The molecule has 5 nitrogen and oxygen atoms in total. The molecular weight excluding hydrogens is 321 g/mol. The summed E-state index contributed by atoms with van der Waals surface area (Å²) >= 11 is 3.22. The van der Waals surface area contributed by atoms with E-state index in [1.54, 1.807) is 0 Å². The van der Waals surface area contributed by atoms with E-state index in [1.165, 1.54) is 7.11 Å². The second-order valence-electron chi connectivity index (χ2n) is 4.37. The molecular formula is C12H13BrFNO4. The first-order chi connectivity index (χ1) is 8.95. The Labute approximate surface area is 117 Å². The van der Waals surface area contributed by atoms with Gasteiger partial charge in [0.1, 0.15) is 0 Å². The highest BCUT2D eigenvalue weighted by Gasteiger charge is 2.34. The van der Waals surface area contributed by atoms with Crippen molar-refractivity contribution in [2.24, 2.45) is 5.92 Å². The fourth-order valence-electron chi connectivity index (χ4n) is 2.28. The average Bonchev–Trinajstić information content (AvgIpc) is 2.82. The van der Waals surface area contributed by atoms with Crippen molar-refractivity contribution in [2.45, 2.75) is 12.5 Å². The van der Waals surface area contributed by atoms with Gasteiger partial charge in [0, 0.05) is 22.6 Å². The Morgan fingerprint density at radius 1 is 1.63 bits per heavy atom. The Bertz CT molecular complexity index is 523. The van der Waals surface area contributed by atoms with Crippen LogP contribution >= 0.6 is 15.9 Å². The number of ether oxygens (including phenoxy) is 1. The van der Waals surface area contributed by atoms with E-state index in [2.05, 4.69) is 21.2 Å². The summed E-state index contributed by atoms with van der Waals surface area (Å²) in [4.78, 5) is 10.9. The molecule has 1 aliphatic heterocycles. The standard InChI is InChI=1S/C12H13BrFNO4/c1-19-11-9(6(13)3-7(14)10(11)16)8-2-5(4-15-8)12(17)18/h3,5,8,15-16H,2,4H2,1H3,(H,17,18). The van der Waals surface area contributed by atoms with Gasteiger partial charge in [-0.2, -0.15) is 0 Å². The number of rotatable bonds is 3. The molecule has 0 bridgehead atoms. The van der Waals surface area contributed by atoms with E-state index in [4.69, 9.17) is 9.84 Å². The van der Waals surface area contributed by atoms with Crippen molar-refractivity contribution < 1.29 is 24.1 Å². The topological polar surface area (TPSA) is 78.8 Å². The summed E-state index contributed by atoms with van der Waals surface area (Å²) in [5, 5.41) is 21.7. The molecule has 104 valence electrons. The molecule has 19 heavy (non-hydrogen) atoms. The molecule has 3 N–H and O–H groups in total. The molecule has 1 aromatic carbocycles. The van der Waals surface area contributed by atoms with Crippen molar-refractivity contribution >= 4 is 21.9 Å². The summed E-state index contributed by atoms with van der Waals surface area (Å²) < 4.78 is 18.9. The van der Waals surface area contributed by atoms with Gasteiger partial charge in [-0.15, -0.1) is 0 Å². The van der Waals surface area contributed by atoms with Crippen LogP contribution in [0.5, 0.6) is 11.5 Å². The van der Waals surface area contributed by atoms with E-state index < -0.39 is 23.5 Å². The lowest BCUT2D eigenvalue weighted by Crippen LogP contribution is -2.17. The van der Waals surface area contributed by atoms with Crippen molar-refractivity contribution in [3.63, 3.8) is 0 Å². The summed E-state index contributed by atoms with van der Waals surface area (Å²) in [6.45, 7) is 0.327. The van der Waals surface area contributed by atoms with Crippen LogP contribution in [0.1, 0.15) is 18.0 Å². The zero-order valence-electron chi connectivity index (χ0n) is 10.1. The largest absolute Gasteiger partial charge is 0.502 e. The Morgan fingerprint density at radius 3 is 2.84 bits per heavy atom. The molecule has 0 radical (unpaired) electrons. The van der Waals surface area contributed by atoms with Gasteiger partial charge < -0.3 is 20.3 Å². The average molecular weight is 334 g/mol. The van der Waals surface area contributed by atoms with Gasteiger partial charge in [-0.05, 0) is 12.5 Å². The Kier molecular flexibility index (Phi) is 3.96. The molecule has 0 aromatic heterocycles. The number of methoxy groups -OCH3 is 1. The van der Waals surface area contributed by atoms with Crippen LogP contribution in [0.4, 0.5) is 4.39 Å². The molecule has 0 saturated carbocycles. The zero-order chi connectivity index (χ0) is 14.2. The van der Waals surface area contributed by atoms with Crippen LogP contribution in [0.3, 0.4) is 0 Å². The fourth-order valence-corrected chi connectivity index (χ4v) is 2.93. The summed E-state index contributed by atoms with van der Waals surface area (Å²) in [6, 6.07) is 0.833. The smallest absolute Gasteiger partial charge is 0.307 e. The molecule has 2 rings (SSSR count). The van der Waals surface area contributed by atoms with Crippen molar-refractivity contribution in [3.05, 3.63) is 21.9 Å². The zero-order valence-corrected chi connectivity index (χ0v) is 11.7. The summed E-state index contributed by atoms with van der Waals surface area (Å²) in [7, 11) is 1.33. The van der Waals surface area contributed by atoms with Gasteiger partial charge in [-0.1, -0.05) is 15.9 Å². The first-order valence-corrected chi connectivity index (χ1v) is 6.46. The first kappa shape index (κ1) is 14.1. The summed E-state index contributed by atoms with van der Waals surface area (Å²) in [5.41, 5.74) is 0.533. The Morgan fingerprint density at radius 2 is 2.32 bits per heavy atom. The Balaban J connectivity index is 2.40. The van der Waals surface area contributed by atoms with Crippen LogP contribution in [0, 0.1) is 11.7 Å². The van der Waals surface area contributed by atoms with Gasteiger partial charge in [-0.3, -0.25) is 4.79 Å². The van der Waals surface area contributed by atoms with Crippen LogP contribution in [-0.2, 0) is 4.79 Å². The number of aliphatic carboxylic acids is 1. The van der Waals surface area contributed by atoms with Crippen LogP contribution in [0.2, 0.25) is 0 Å². The molecule has 0 amide bonds. The predicted octanol–water partition coefficient (Wildman–Crippen LogP) is 2.04. The van der Waals surface area contributed by atoms with E-state index in [0.717, 1.165) is 6.07 Å². The highest BCUT2D eigenvalue weighted by Crippen LogP contribution is 2.44. The normalized spacial score (nSPS) is 22.5. The third-order valence-corrected chi connectivity index (χ3v) is 3.89. The number of carbonyl (C=O) groups is 1. The van der Waals surface area contributed by atoms with E-state index in [1.807, 2.05) is 0 Å². The maximum absolute atomic E-state index is 13.4. The fraction of sp³-hybridized carbons (Fsp3) is 0.417. The van der Waals surface area contributed by atoms with E-state index in [-0.39, 0.29) is 11.8 Å². The van der Waals surface area contributed by atoms with Gasteiger partial charge >= 0.3 is 5.97 Å². The molecule has 1 aliphatic rings. The number of phenolic OH excluding ortho intramolecular Hbond substituents is 1. The number of benzene rings is 1. The number of aromatic hydroxyl groups is 1. The van der Waals surface area contributed by atoms with Crippen molar-refractivity contribution in [1.82, 2.24) is 5.32 Å². The van der Waals surface area contributed by atoms with Crippen molar-refractivity contribution in [1.29, 1.82) is 0 Å². The third kappa shape index (κ3) is 2.52. The molecule has 2 atom stereocenters. The second-order valence-corrected chi connectivity index (χ2v) is 5.22. The lowest BCUT2D eigenvalue weighted by Gasteiger charge is -2.18. The number of nitrogens with one attached hydrogen (secondary N) is 1. The second kappa shape index (κ2) is 5.34. The van der Waals surface area contributed by atoms with Crippen molar-refractivity contribution in [2.75, 3.05) is 13.7 Å². The SMILES string of the molecule is COc1c(O)c(F)cc(Br)c1C1CC(C(=O)O)CN1. The molecule has 7 heteroatoms. The molecule has 0 aliphatic carbocycles. The van der Waals surface area contributed by atoms with Crippen LogP contribution < -0.4 is 10.1 Å². The molecule has 1 saturated heterocycles. The molecule has 0 spiro atoms. The molecule has 1 fully saturated rings. The number of hydrogen-bond donors (Lipinski definition) is 3. The molecule has 1 aromatic rings. The summed E-state index contributed by atoms with van der Waals surface area (Å²) in [6.07, 6.45) is 0.357. The number of carboxylic acids is 1. The number of hydrogen-bond acceptors (Lipinski definition) is 4. The van der Waals surface area contributed by atoms with Crippen molar-refractivity contribution in [3.8, 4) is 11.5 Å². The third-order valence-electron chi connectivity index (χ3n) is 3.23. The van der Waals surface area contributed by atoms with Gasteiger partial charge in [0.15, 0.2) is 17.3 Å². The van der Waals surface area contributed by atoms with Gasteiger partial charge in [-0.25, -0.2) is 4.39 Å². The van der Waals surface area contributed by atoms with Gasteiger partial charge in [0.25, 0.3) is 0 Å². The predicted molar refractivity (Wildman–Crippen MR) is 68.8 cm³/mol. The maximum atomic E-state index is 13.4. The minimum Gasteiger partial charge on any atom is -0.502 e. The maximum Gasteiger partial charge on any atom is 0.307 e. The highest BCUT2D eigenvalue weighted by molar-refractivity contribution is 9.10. The molecule has 2 unspecified atom stereocenters. The van der Waals surface area contributed by atoms with Crippen LogP contribution in [0.25, 0.3) is 0 Å². The van der Waals surface area contributed by atoms with Gasteiger partial charge in [0.2, 0.25) is 0 Å². The van der Waals surface area contributed by atoms with Gasteiger partial charge in [0.05, 0.1) is 13.0 Å². The summed E-state index contributed by atoms with van der Waals surface area (Å²) in [5.74, 6) is -2.72. The lowest BCUT2D eigenvalue weighted by atomic mass is 9.99. The van der Waals surface area contributed by atoms with E-state index >= 15 is 0 Å². The minimum absolute atomic E-state index is 0.0235. The Hall–Kier alpha value is -1.34. The van der Waals surface area contributed by atoms with Crippen LogP contribution in [0.15, 0.2) is 10.5 Å². The van der Waals surface area contributed by atoms with Crippen LogP contribution in [-0.4, -0.2) is 29.8 Å². The first-order valence-electron chi connectivity index (χ1n) is 5.66. The highest BCUT2D eigenvalue weighted by atomic mass is 79.9. The van der Waals surface area contributed by atoms with E-state index in [0.29, 0.717) is 23.0 Å². The molecule has 1 heterocycles. The number of phenols is 1. The number of carboxylic acid groups (broad SMARTS) is 1.